The Morgan fingerprint density at radius 3 is 2.73 bits per heavy atom. The van der Waals surface area contributed by atoms with Gasteiger partial charge in [-0.1, -0.05) is 38.0 Å². The van der Waals surface area contributed by atoms with Gasteiger partial charge in [0.05, 0.1) is 17.2 Å². The van der Waals surface area contributed by atoms with Crippen LogP contribution in [0.1, 0.15) is 63.2 Å². The maximum Gasteiger partial charge on any atom is 0.253 e. The number of ether oxygens (including phenoxy) is 1. The van der Waals surface area contributed by atoms with Crippen LogP contribution in [-0.4, -0.2) is 29.2 Å². The second kappa shape index (κ2) is 7.83. The van der Waals surface area contributed by atoms with E-state index in [9.17, 15) is 4.79 Å². The zero-order chi connectivity index (χ0) is 18.7. The Hall–Kier alpha value is -1.81. The van der Waals surface area contributed by atoms with Crippen molar-refractivity contribution in [1.29, 1.82) is 0 Å². The molecular weight excluding hydrogens is 324 g/mol. The van der Waals surface area contributed by atoms with Crippen molar-refractivity contribution in [2.75, 3.05) is 7.11 Å². The van der Waals surface area contributed by atoms with E-state index in [-0.39, 0.29) is 17.6 Å². The summed E-state index contributed by atoms with van der Waals surface area (Å²) in [6.45, 7) is 7.33. The third-order valence-corrected chi connectivity index (χ3v) is 6.07. The highest BCUT2D eigenvalue weighted by Gasteiger charge is 2.46. The summed E-state index contributed by atoms with van der Waals surface area (Å²) >= 11 is 0. The Morgan fingerprint density at radius 2 is 2.08 bits per heavy atom. The van der Waals surface area contributed by atoms with Crippen LogP contribution in [0.25, 0.3) is 10.9 Å². The standard InChI is InChI=1S/C22H32N2O2/c1-5-6-9-14-24-15-19(18-10-7-8-11-20(18)24)21(25)23-16(2)22(3,26-4)17-12-13-17/h7-8,10-11,15-17H,5-6,9,12-14H2,1-4H3,(H,23,25). The molecule has 2 atom stereocenters. The number of para-hydroxylation sites is 1. The number of hydrogen-bond acceptors (Lipinski definition) is 2. The van der Waals surface area contributed by atoms with Crippen molar-refractivity contribution in [2.45, 2.75) is 71.1 Å². The van der Waals surface area contributed by atoms with Crippen molar-refractivity contribution in [1.82, 2.24) is 9.88 Å². The number of aromatic nitrogens is 1. The number of amides is 1. The van der Waals surface area contributed by atoms with Crippen LogP contribution in [0.4, 0.5) is 0 Å². The summed E-state index contributed by atoms with van der Waals surface area (Å²) in [5.74, 6) is 0.532. The molecule has 1 aromatic carbocycles. The maximum absolute atomic E-state index is 13.0. The van der Waals surface area contributed by atoms with Crippen LogP contribution in [0.5, 0.6) is 0 Å². The average molecular weight is 357 g/mol. The topological polar surface area (TPSA) is 43.3 Å². The SMILES string of the molecule is CCCCCn1cc(C(=O)NC(C)C(C)(OC)C2CC2)c2ccccc21. The molecular formula is C22H32N2O2. The number of carbonyl (C=O) groups is 1. The molecule has 0 spiro atoms. The van der Waals surface area contributed by atoms with Crippen LogP contribution in [0, 0.1) is 5.92 Å². The molecule has 1 heterocycles. The van der Waals surface area contributed by atoms with Crippen LogP contribution >= 0.6 is 0 Å². The van der Waals surface area contributed by atoms with Gasteiger partial charge in [-0.25, -0.2) is 0 Å². The monoisotopic (exact) mass is 356 g/mol. The molecule has 0 saturated heterocycles. The summed E-state index contributed by atoms with van der Waals surface area (Å²) in [7, 11) is 1.75. The van der Waals surface area contributed by atoms with Crippen LogP contribution in [0.2, 0.25) is 0 Å². The van der Waals surface area contributed by atoms with Gasteiger partial charge in [-0.05, 0) is 45.1 Å². The summed E-state index contributed by atoms with van der Waals surface area (Å²) in [4.78, 5) is 13.0. The number of hydrogen-bond donors (Lipinski definition) is 1. The number of rotatable bonds is 9. The Morgan fingerprint density at radius 1 is 1.35 bits per heavy atom. The van der Waals surface area contributed by atoms with Gasteiger partial charge >= 0.3 is 0 Å². The van der Waals surface area contributed by atoms with Gasteiger partial charge in [0.1, 0.15) is 0 Å². The fraction of sp³-hybridized carbons (Fsp3) is 0.591. The van der Waals surface area contributed by atoms with E-state index in [1.165, 1.54) is 25.7 Å². The lowest BCUT2D eigenvalue weighted by Gasteiger charge is -2.35. The molecule has 4 heteroatoms. The van der Waals surface area contributed by atoms with Gasteiger partial charge in [-0.3, -0.25) is 4.79 Å². The van der Waals surface area contributed by atoms with E-state index < -0.39 is 0 Å². The molecule has 26 heavy (non-hydrogen) atoms. The van der Waals surface area contributed by atoms with Crippen molar-refractivity contribution in [3.63, 3.8) is 0 Å². The second-order valence-electron chi connectivity index (χ2n) is 7.82. The minimum absolute atomic E-state index is 0.00753. The molecule has 0 radical (unpaired) electrons. The highest BCUT2D eigenvalue weighted by molar-refractivity contribution is 6.07. The van der Waals surface area contributed by atoms with E-state index in [4.69, 9.17) is 4.74 Å². The van der Waals surface area contributed by atoms with E-state index in [1.807, 2.05) is 24.4 Å². The molecule has 3 rings (SSSR count). The lowest BCUT2D eigenvalue weighted by molar-refractivity contribution is -0.0374. The zero-order valence-electron chi connectivity index (χ0n) is 16.5. The Labute approximate surface area is 156 Å². The molecule has 1 N–H and O–H groups in total. The molecule has 1 fully saturated rings. The van der Waals surface area contributed by atoms with E-state index in [0.717, 1.165) is 29.4 Å². The first-order chi connectivity index (χ1) is 12.5. The molecule has 142 valence electrons. The molecule has 1 aliphatic carbocycles. The maximum atomic E-state index is 13.0. The van der Waals surface area contributed by atoms with E-state index in [1.54, 1.807) is 7.11 Å². The highest BCUT2D eigenvalue weighted by Crippen LogP contribution is 2.43. The van der Waals surface area contributed by atoms with E-state index in [0.29, 0.717) is 5.92 Å². The molecule has 1 aliphatic rings. The second-order valence-corrected chi connectivity index (χ2v) is 7.82. The lowest BCUT2D eigenvalue weighted by Crippen LogP contribution is -2.51. The van der Waals surface area contributed by atoms with Crippen LogP contribution in [0.3, 0.4) is 0 Å². The summed E-state index contributed by atoms with van der Waals surface area (Å²) in [6, 6.07) is 8.15. The van der Waals surface area contributed by atoms with Crippen LogP contribution in [0.15, 0.2) is 30.5 Å². The van der Waals surface area contributed by atoms with Crippen LogP contribution < -0.4 is 5.32 Å². The number of nitrogens with one attached hydrogen (secondary N) is 1. The largest absolute Gasteiger partial charge is 0.376 e. The first-order valence-corrected chi connectivity index (χ1v) is 9.95. The summed E-state index contributed by atoms with van der Waals surface area (Å²) in [5.41, 5.74) is 1.60. The molecule has 1 aromatic heterocycles. The number of methoxy groups -OCH3 is 1. The third kappa shape index (κ3) is 3.66. The van der Waals surface area contributed by atoms with Gasteiger partial charge < -0.3 is 14.6 Å². The quantitative estimate of drug-likeness (QED) is 0.658. The van der Waals surface area contributed by atoms with Gasteiger partial charge in [-0.2, -0.15) is 0 Å². The summed E-state index contributed by atoms with van der Waals surface area (Å²) in [5, 5.41) is 4.23. The highest BCUT2D eigenvalue weighted by atomic mass is 16.5. The van der Waals surface area contributed by atoms with Crippen molar-refractivity contribution in [3.05, 3.63) is 36.0 Å². The normalized spacial score (nSPS) is 17.8. The molecule has 2 unspecified atom stereocenters. The number of aryl methyl sites for hydroxylation is 1. The Kier molecular flexibility index (Phi) is 5.71. The van der Waals surface area contributed by atoms with Crippen molar-refractivity contribution < 1.29 is 9.53 Å². The Bertz CT molecular complexity index is 763. The smallest absolute Gasteiger partial charge is 0.253 e. The third-order valence-electron chi connectivity index (χ3n) is 6.07. The predicted octanol–water partition coefficient (Wildman–Crippen LogP) is 4.76. The van der Waals surface area contributed by atoms with Gasteiger partial charge in [0.25, 0.3) is 5.91 Å². The zero-order valence-corrected chi connectivity index (χ0v) is 16.5. The lowest BCUT2D eigenvalue weighted by atomic mass is 9.91. The number of unbranched alkanes of at least 4 members (excludes halogenated alkanes) is 2. The molecule has 1 saturated carbocycles. The first kappa shape index (κ1) is 19.0. The van der Waals surface area contributed by atoms with Gasteiger partial charge in [0.2, 0.25) is 0 Å². The molecule has 4 nitrogen and oxygen atoms in total. The number of carbonyl (C=O) groups excluding carboxylic acids is 1. The minimum atomic E-state index is -0.296. The van der Waals surface area contributed by atoms with Gasteiger partial charge in [0, 0.05) is 30.8 Å². The fourth-order valence-electron chi connectivity index (χ4n) is 3.92. The van der Waals surface area contributed by atoms with Crippen molar-refractivity contribution in [3.8, 4) is 0 Å². The number of benzene rings is 1. The minimum Gasteiger partial charge on any atom is -0.376 e. The predicted molar refractivity (Wildman–Crippen MR) is 107 cm³/mol. The van der Waals surface area contributed by atoms with Gasteiger partial charge in [0.15, 0.2) is 0 Å². The number of nitrogens with zero attached hydrogens (tertiary/aromatic N) is 1. The molecule has 1 amide bonds. The molecule has 0 aliphatic heterocycles. The molecule has 2 aromatic rings. The van der Waals surface area contributed by atoms with Gasteiger partial charge in [-0.15, -0.1) is 0 Å². The van der Waals surface area contributed by atoms with E-state index >= 15 is 0 Å². The van der Waals surface area contributed by atoms with E-state index in [2.05, 4.69) is 36.7 Å². The van der Waals surface area contributed by atoms with Crippen molar-refractivity contribution in [2.24, 2.45) is 5.92 Å². The number of fused-ring (bicyclic) bond motifs is 1. The summed E-state index contributed by atoms with van der Waals surface area (Å²) in [6.07, 6.45) is 7.92. The molecule has 0 bridgehead atoms. The first-order valence-electron chi connectivity index (χ1n) is 9.95. The van der Waals surface area contributed by atoms with Crippen LogP contribution in [-0.2, 0) is 11.3 Å². The average Bonchev–Trinajstić information content (AvgIpc) is 3.44. The Balaban J connectivity index is 1.81. The summed E-state index contributed by atoms with van der Waals surface area (Å²) < 4.78 is 8.02. The van der Waals surface area contributed by atoms with Crippen molar-refractivity contribution >= 4 is 16.8 Å². The fourth-order valence-corrected chi connectivity index (χ4v) is 3.92.